The van der Waals surface area contributed by atoms with Crippen LogP contribution < -0.4 is 0 Å². The summed E-state index contributed by atoms with van der Waals surface area (Å²) < 4.78 is 1.31. The van der Waals surface area contributed by atoms with Crippen molar-refractivity contribution in [3.8, 4) is 0 Å². The highest BCUT2D eigenvalue weighted by atomic mass is 16.6. The van der Waals surface area contributed by atoms with Crippen LogP contribution in [0.2, 0.25) is 0 Å². The molecule has 0 amide bonds. The standard InChI is InChI=1S/C8H11N3O4/c1-2-3-4-9-6-7(10(12)13)5-8(9)11(14)15/h5-6H,2-4H2,1H3. The van der Waals surface area contributed by atoms with E-state index in [4.69, 9.17) is 0 Å². The highest BCUT2D eigenvalue weighted by Gasteiger charge is 2.21. The Labute approximate surface area is 85.6 Å². The minimum absolute atomic E-state index is 0.227. The molecule has 1 aromatic heterocycles. The molecule has 0 aliphatic rings. The fourth-order valence-corrected chi connectivity index (χ4v) is 1.24. The van der Waals surface area contributed by atoms with Crippen LogP contribution in [0.15, 0.2) is 12.3 Å². The largest absolute Gasteiger partial charge is 0.358 e. The van der Waals surface area contributed by atoms with E-state index in [1.54, 1.807) is 0 Å². The van der Waals surface area contributed by atoms with E-state index in [1.807, 2.05) is 6.92 Å². The summed E-state index contributed by atoms with van der Waals surface area (Å²) in [6.45, 7) is 2.38. The Bertz CT molecular complexity index is 385. The van der Waals surface area contributed by atoms with Crippen LogP contribution in [0.3, 0.4) is 0 Å². The van der Waals surface area contributed by atoms with Crippen molar-refractivity contribution in [2.24, 2.45) is 0 Å². The Hall–Kier alpha value is -1.92. The Kier molecular flexibility index (Phi) is 3.37. The minimum Gasteiger partial charge on any atom is -0.358 e. The summed E-state index contributed by atoms with van der Waals surface area (Å²) >= 11 is 0. The van der Waals surface area contributed by atoms with E-state index in [0.29, 0.717) is 6.54 Å². The van der Waals surface area contributed by atoms with Crippen molar-refractivity contribution in [1.29, 1.82) is 0 Å². The number of nitro groups is 2. The number of aryl methyl sites for hydroxylation is 1. The normalized spacial score (nSPS) is 10.2. The van der Waals surface area contributed by atoms with Gasteiger partial charge in [0.2, 0.25) is 0 Å². The quantitative estimate of drug-likeness (QED) is 0.553. The van der Waals surface area contributed by atoms with Gasteiger partial charge in [-0.25, -0.2) is 4.57 Å². The van der Waals surface area contributed by atoms with Crippen molar-refractivity contribution in [1.82, 2.24) is 4.57 Å². The zero-order valence-electron chi connectivity index (χ0n) is 8.25. The molecule has 7 nitrogen and oxygen atoms in total. The van der Waals surface area contributed by atoms with Gasteiger partial charge in [0.05, 0.1) is 11.5 Å². The smallest absolute Gasteiger partial charge is 0.330 e. The Balaban J connectivity index is 3.00. The molecule has 0 radical (unpaired) electrons. The summed E-state index contributed by atoms with van der Waals surface area (Å²) in [7, 11) is 0. The Morgan fingerprint density at radius 1 is 1.33 bits per heavy atom. The first-order chi connectivity index (χ1) is 7.06. The summed E-state index contributed by atoms with van der Waals surface area (Å²) in [6, 6.07) is 0.982. The molecule has 0 aliphatic carbocycles. The molecule has 7 heteroatoms. The molecule has 82 valence electrons. The van der Waals surface area contributed by atoms with E-state index in [9.17, 15) is 20.2 Å². The van der Waals surface area contributed by atoms with Crippen LogP contribution in [0.4, 0.5) is 11.5 Å². The number of hydrogen-bond acceptors (Lipinski definition) is 4. The molecule has 0 aliphatic heterocycles. The van der Waals surface area contributed by atoms with Gasteiger partial charge >= 0.3 is 11.5 Å². The second-order valence-electron chi connectivity index (χ2n) is 3.12. The van der Waals surface area contributed by atoms with Crippen LogP contribution in [0.1, 0.15) is 19.8 Å². The lowest BCUT2D eigenvalue weighted by Crippen LogP contribution is -2.01. The van der Waals surface area contributed by atoms with E-state index in [2.05, 4.69) is 0 Å². The molecule has 1 heterocycles. The SMILES string of the molecule is CCCCn1cc([N+](=O)[O-])cc1[N+](=O)[O-]. The molecule has 0 aromatic carbocycles. The van der Waals surface area contributed by atoms with Crippen molar-refractivity contribution >= 4 is 11.5 Å². The van der Waals surface area contributed by atoms with Gasteiger partial charge < -0.3 is 10.1 Å². The number of aromatic nitrogens is 1. The van der Waals surface area contributed by atoms with Gasteiger partial charge in [-0.2, -0.15) is 0 Å². The summed E-state index contributed by atoms with van der Waals surface area (Å²) in [5.41, 5.74) is -0.238. The van der Waals surface area contributed by atoms with Crippen molar-refractivity contribution in [2.45, 2.75) is 26.3 Å². The Morgan fingerprint density at radius 2 is 2.00 bits per heavy atom. The first kappa shape index (κ1) is 11.2. The lowest BCUT2D eigenvalue weighted by Gasteiger charge is -1.98. The van der Waals surface area contributed by atoms with Crippen LogP contribution in [0.5, 0.6) is 0 Å². The summed E-state index contributed by atoms with van der Waals surface area (Å²) in [5.74, 6) is -0.227. The van der Waals surface area contributed by atoms with Crippen LogP contribution in [-0.2, 0) is 6.54 Å². The van der Waals surface area contributed by atoms with E-state index < -0.39 is 9.85 Å². The van der Waals surface area contributed by atoms with Crippen LogP contribution in [-0.4, -0.2) is 14.4 Å². The van der Waals surface area contributed by atoms with Gasteiger partial charge in [0, 0.05) is 0 Å². The molecular weight excluding hydrogens is 202 g/mol. The molecule has 0 saturated carbocycles. The molecule has 0 spiro atoms. The third-order valence-corrected chi connectivity index (χ3v) is 2.01. The molecule has 0 saturated heterocycles. The molecule has 0 atom stereocenters. The maximum Gasteiger partial charge on any atom is 0.330 e. The topological polar surface area (TPSA) is 91.2 Å². The molecule has 15 heavy (non-hydrogen) atoms. The summed E-state index contributed by atoms with van der Waals surface area (Å²) in [5, 5.41) is 21.0. The highest BCUT2D eigenvalue weighted by Crippen LogP contribution is 2.22. The maximum absolute atomic E-state index is 10.6. The van der Waals surface area contributed by atoms with E-state index in [-0.39, 0.29) is 11.5 Å². The lowest BCUT2D eigenvalue weighted by molar-refractivity contribution is -0.394. The molecular formula is C8H11N3O4. The highest BCUT2D eigenvalue weighted by molar-refractivity contribution is 5.39. The summed E-state index contributed by atoms with van der Waals surface area (Å²) in [4.78, 5) is 19.8. The van der Waals surface area contributed by atoms with Gasteiger partial charge in [-0.1, -0.05) is 13.3 Å². The monoisotopic (exact) mass is 213 g/mol. The first-order valence-electron chi connectivity index (χ1n) is 4.55. The molecule has 1 aromatic rings. The van der Waals surface area contributed by atoms with Crippen LogP contribution >= 0.6 is 0 Å². The van der Waals surface area contributed by atoms with Crippen LogP contribution in [0, 0.1) is 20.2 Å². The fraction of sp³-hybridized carbons (Fsp3) is 0.500. The second-order valence-corrected chi connectivity index (χ2v) is 3.12. The van der Waals surface area contributed by atoms with Crippen molar-refractivity contribution in [3.63, 3.8) is 0 Å². The number of unbranched alkanes of at least 4 members (excludes halogenated alkanes) is 1. The van der Waals surface area contributed by atoms with Gasteiger partial charge in [-0.05, 0) is 11.3 Å². The zero-order valence-corrected chi connectivity index (χ0v) is 8.25. The average molecular weight is 213 g/mol. The van der Waals surface area contributed by atoms with Crippen molar-refractivity contribution < 1.29 is 9.85 Å². The van der Waals surface area contributed by atoms with E-state index >= 15 is 0 Å². The Morgan fingerprint density at radius 3 is 2.47 bits per heavy atom. The number of rotatable bonds is 5. The lowest BCUT2D eigenvalue weighted by atomic mass is 10.3. The third-order valence-electron chi connectivity index (χ3n) is 2.01. The van der Waals surface area contributed by atoms with Crippen molar-refractivity contribution in [3.05, 3.63) is 32.5 Å². The number of hydrogen-bond donors (Lipinski definition) is 0. The van der Waals surface area contributed by atoms with Gasteiger partial charge in [0.15, 0.2) is 6.20 Å². The molecule has 0 bridgehead atoms. The zero-order chi connectivity index (χ0) is 11.4. The van der Waals surface area contributed by atoms with Crippen molar-refractivity contribution in [2.75, 3.05) is 0 Å². The van der Waals surface area contributed by atoms with E-state index in [0.717, 1.165) is 18.9 Å². The predicted octanol–water partition coefficient (Wildman–Crippen LogP) is 2.10. The first-order valence-corrected chi connectivity index (χ1v) is 4.55. The van der Waals surface area contributed by atoms with Gasteiger partial charge in [-0.3, -0.25) is 10.1 Å². The molecule has 0 N–H and O–H groups in total. The van der Waals surface area contributed by atoms with Crippen LogP contribution in [0.25, 0.3) is 0 Å². The van der Waals surface area contributed by atoms with Gasteiger partial charge in [-0.15, -0.1) is 0 Å². The fourth-order valence-electron chi connectivity index (χ4n) is 1.24. The molecule has 0 unspecified atom stereocenters. The number of nitrogens with zero attached hydrogens (tertiary/aromatic N) is 3. The summed E-state index contributed by atoms with van der Waals surface area (Å²) in [6.07, 6.45) is 2.84. The van der Waals surface area contributed by atoms with Gasteiger partial charge in [0.25, 0.3) is 0 Å². The predicted molar refractivity (Wildman–Crippen MR) is 52.6 cm³/mol. The molecule has 0 fully saturated rings. The van der Waals surface area contributed by atoms with E-state index in [1.165, 1.54) is 10.8 Å². The average Bonchev–Trinajstić information content (AvgIpc) is 2.58. The molecule has 1 rings (SSSR count). The van der Waals surface area contributed by atoms with Gasteiger partial charge in [0.1, 0.15) is 6.07 Å². The maximum atomic E-state index is 10.6. The third kappa shape index (κ3) is 2.52. The second kappa shape index (κ2) is 4.54. The minimum atomic E-state index is -0.630.